The van der Waals surface area contributed by atoms with E-state index in [4.69, 9.17) is 13.7 Å². The van der Waals surface area contributed by atoms with Crippen molar-refractivity contribution in [1.82, 2.24) is 9.13 Å². The topological polar surface area (TPSA) is 270 Å². The summed E-state index contributed by atoms with van der Waals surface area (Å²) in [5, 5.41) is 89.7. The van der Waals surface area contributed by atoms with Crippen LogP contribution in [0.1, 0.15) is 124 Å². The van der Waals surface area contributed by atoms with Crippen molar-refractivity contribution in [3.63, 3.8) is 0 Å². The van der Waals surface area contributed by atoms with Gasteiger partial charge < -0.3 is 70.2 Å². The average molecular weight is 1200 g/mol. The van der Waals surface area contributed by atoms with Gasteiger partial charge in [-0.3, -0.25) is 9.59 Å². The SMILES string of the molecule is [2H]c1c([2H])c([2H])c(-c2c(C(=O)Nc3ccccc3O)c(C(C)C)n(CC[C@@H](O)C[C@@H](O)CC(=O)[O-])c2-c2ccc(F)cc2)c([2H])c1[2H].[2H]c1c([2H])c([2H])c(-c2c(C(=O)Nc3ccccc3O)c(C(C)C)n(CC[C@@H](O)C[C@@H](O)CC(=O)[O-])c2-c2ccc(F)cc2)c([2H])c1[2H].[Ca+2]. The molecule has 0 aliphatic rings. The number of amides is 2. The van der Waals surface area contributed by atoms with Crippen LogP contribution in [-0.4, -0.2) is 126 Å². The minimum absolute atomic E-state index is 0. The molecular formula is C66H68CaF2N4O12. The summed E-state index contributed by atoms with van der Waals surface area (Å²) in [7, 11) is 0. The van der Waals surface area contributed by atoms with Crippen molar-refractivity contribution >= 4 is 72.9 Å². The molecule has 0 saturated heterocycles. The van der Waals surface area contributed by atoms with Crippen LogP contribution in [0.5, 0.6) is 11.5 Å². The predicted molar refractivity (Wildman–Crippen MR) is 318 cm³/mol. The molecule has 0 unspecified atom stereocenters. The number of anilines is 2. The molecule has 85 heavy (non-hydrogen) atoms. The van der Waals surface area contributed by atoms with Crippen LogP contribution in [-0.2, 0) is 22.7 Å². The number of aromatic nitrogens is 2. The molecule has 0 aliphatic carbocycles. The molecule has 0 fully saturated rings. The number of aromatic hydroxyl groups is 2. The van der Waals surface area contributed by atoms with E-state index in [0.29, 0.717) is 22.5 Å². The van der Waals surface area contributed by atoms with E-state index in [1.165, 1.54) is 72.8 Å². The Morgan fingerprint density at radius 3 is 1.14 bits per heavy atom. The van der Waals surface area contributed by atoms with E-state index in [2.05, 4.69) is 10.6 Å². The number of carbonyl (C=O) groups is 4. The van der Waals surface area contributed by atoms with Crippen molar-refractivity contribution in [2.45, 2.75) is 116 Å². The van der Waals surface area contributed by atoms with E-state index < -0.39 is 145 Å². The largest absolute Gasteiger partial charge is 2.00 e. The average Bonchev–Trinajstić information content (AvgIpc) is 1.60. The first-order valence-electron chi connectivity index (χ1n) is 31.8. The van der Waals surface area contributed by atoms with Crippen molar-refractivity contribution in [1.29, 1.82) is 0 Å². The van der Waals surface area contributed by atoms with Gasteiger partial charge in [-0.15, -0.1) is 0 Å². The summed E-state index contributed by atoms with van der Waals surface area (Å²) >= 11 is 0. The molecule has 8 aromatic rings. The van der Waals surface area contributed by atoms with Crippen LogP contribution in [0, 0.1) is 11.6 Å². The molecule has 0 saturated carbocycles. The van der Waals surface area contributed by atoms with E-state index in [-0.39, 0.29) is 144 Å². The van der Waals surface area contributed by atoms with Gasteiger partial charge in [-0.25, -0.2) is 8.78 Å². The quantitative estimate of drug-likeness (QED) is 0.0208. The Morgan fingerprint density at radius 2 is 0.835 bits per heavy atom. The molecule has 8 N–H and O–H groups in total. The summed E-state index contributed by atoms with van der Waals surface area (Å²) < 4.78 is 117. The van der Waals surface area contributed by atoms with Gasteiger partial charge in [-0.1, -0.05) is 112 Å². The van der Waals surface area contributed by atoms with Gasteiger partial charge in [0.1, 0.15) is 23.1 Å². The number of carbonyl (C=O) groups excluding carboxylic acids is 4. The zero-order valence-electron chi connectivity index (χ0n) is 56.8. The summed E-state index contributed by atoms with van der Waals surface area (Å²) in [6.45, 7) is 6.97. The Bertz CT molecular complexity index is 3840. The number of hydrogen-bond acceptors (Lipinski definition) is 12. The van der Waals surface area contributed by atoms with Gasteiger partial charge in [0.25, 0.3) is 11.8 Å². The molecule has 0 spiro atoms. The van der Waals surface area contributed by atoms with E-state index in [9.17, 15) is 68.8 Å². The van der Waals surface area contributed by atoms with Gasteiger partial charge in [-0.05, 0) is 133 Å². The van der Waals surface area contributed by atoms with Gasteiger partial charge in [0.15, 0.2) is 0 Å². The van der Waals surface area contributed by atoms with E-state index in [1.807, 2.05) is 0 Å². The maximum absolute atomic E-state index is 14.3. The maximum Gasteiger partial charge on any atom is 2.00 e. The summed E-state index contributed by atoms with van der Waals surface area (Å²) in [6.07, 6.45) is -7.29. The van der Waals surface area contributed by atoms with Crippen LogP contribution < -0.4 is 20.8 Å². The second-order valence-corrected chi connectivity index (χ2v) is 20.4. The zero-order chi connectivity index (χ0) is 69.5. The van der Waals surface area contributed by atoms with Crippen LogP contribution in [0.3, 0.4) is 0 Å². The standard InChI is InChI=1S/2C33H35FN2O6.Ca/c2*1-20(2)31-30(33(42)35-26-10-6-7-11-27(26)39)29(21-8-4-3-5-9-21)32(22-12-14-23(34)15-13-22)36(31)17-16-24(37)18-25(38)19-28(40)41;/h2*3-15,20,24-25,37-39H,16-19H2,1-2H3,(H,35,42)(H,40,41);/q;;+2/p-2/t2*24-,25-;/m11./s1/i2*3D,4D,5D,8D,9D;. The monoisotopic (exact) mass is 1200 g/mol. The number of aliphatic hydroxyl groups excluding tert-OH is 4. The fourth-order valence-electron chi connectivity index (χ4n) is 9.95. The fourth-order valence-corrected chi connectivity index (χ4v) is 9.95. The third-order valence-corrected chi connectivity index (χ3v) is 13.5. The predicted octanol–water partition coefficient (Wildman–Crippen LogP) is 8.99. The molecule has 440 valence electrons. The summed E-state index contributed by atoms with van der Waals surface area (Å²) in [4.78, 5) is 50.4. The van der Waals surface area contributed by atoms with Crippen LogP contribution >= 0.6 is 0 Å². The van der Waals surface area contributed by atoms with Gasteiger partial charge in [0.05, 0.1) is 72.0 Å². The third-order valence-electron chi connectivity index (χ3n) is 13.5. The molecule has 19 heteroatoms. The molecule has 0 radical (unpaired) electrons. The van der Waals surface area contributed by atoms with Gasteiger partial charge in [0, 0.05) is 60.4 Å². The molecule has 4 atom stereocenters. The van der Waals surface area contributed by atoms with Crippen molar-refractivity contribution in [2.24, 2.45) is 0 Å². The Hall–Kier alpha value is -7.68. The fraction of sp³-hybridized carbons (Fsp3) is 0.273. The van der Waals surface area contributed by atoms with Gasteiger partial charge in [-0.2, -0.15) is 0 Å². The number of phenolic OH excluding ortho intramolecular Hbond substituents is 2. The van der Waals surface area contributed by atoms with E-state index in [0.717, 1.165) is 0 Å². The molecule has 8 rings (SSSR count). The third kappa shape index (κ3) is 17.3. The summed E-state index contributed by atoms with van der Waals surface area (Å²) in [5.74, 6) is -7.07. The van der Waals surface area contributed by atoms with Crippen LogP contribution in [0.25, 0.3) is 44.8 Å². The second kappa shape index (κ2) is 30.9. The van der Waals surface area contributed by atoms with E-state index >= 15 is 0 Å². The number of para-hydroxylation sites is 4. The molecule has 0 aliphatic heterocycles. The number of aliphatic carboxylic acids is 2. The minimum Gasteiger partial charge on any atom is -0.550 e. The Balaban J connectivity index is 0.000000298. The molecule has 6 aromatic carbocycles. The Kier molecular flexibility index (Phi) is 19.2. The van der Waals surface area contributed by atoms with Crippen LogP contribution in [0.15, 0.2) is 157 Å². The Labute approximate surface area is 535 Å². The molecule has 16 nitrogen and oxygen atoms in total. The van der Waals surface area contributed by atoms with Crippen molar-refractivity contribution in [3.05, 3.63) is 192 Å². The number of nitrogens with one attached hydrogen (secondary N) is 2. The van der Waals surface area contributed by atoms with Crippen LogP contribution in [0.2, 0.25) is 0 Å². The van der Waals surface area contributed by atoms with Gasteiger partial charge in [0.2, 0.25) is 0 Å². The number of rotatable bonds is 24. The molecule has 2 heterocycles. The first-order valence-corrected chi connectivity index (χ1v) is 26.8. The first kappa shape index (κ1) is 52.8. The number of halogens is 2. The Morgan fingerprint density at radius 1 is 0.506 bits per heavy atom. The van der Waals surface area contributed by atoms with Gasteiger partial charge >= 0.3 is 37.7 Å². The number of phenols is 2. The van der Waals surface area contributed by atoms with Crippen molar-refractivity contribution in [2.75, 3.05) is 10.6 Å². The van der Waals surface area contributed by atoms with E-state index in [1.54, 1.807) is 61.1 Å². The summed E-state index contributed by atoms with van der Waals surface area (Å²) in [6, 6.07) is 16.0. The smallest absolute Gasteiger partial charge is 0.550 e. The molecule has 0 bridgehead atoms. The number of nitrogens with zero attached hydrogens (tertiary/aromatic N) is 2. The number of hydrogen-bond donors (Lipinski definition) is 8. The number of carboxylic acids is 2. The summed E-state index contributed by atoms with van der Waals surface area (Å²) in [5.41, 5.74) is 0.976. The zero-order valence-corrected chi connectivity index (χ0v) is 49.1. The molecule has 2 amide bonds. The minimum atomic E-state index is -1.49. The normalized spacial score (nSPS) is 14.2. The maximum atomic E-state index is 14.3. The second-order valence-electron chi connectivity index (χ2n) is 20.4. The van der Waals surface area contributed by atoms with Crippen LogP contribution in [0.4, 0.5) is 20.2 Å². The number of carboxylic acid groups (broad SMARTS) is 2. The van der Waals surface area contributed by atoms with Crippen molar-refractivity contribution in [3.8, 4) is 56.3 Å². The number of aliphatic hydroxyl groups is 4. The van der Waals surface area contributed by atoms with Crippen molar-refractivity contribution < 1.29 is 82.5 Å². The molecule has 2 aromatic heterocycles. The molecular weight excluding hydrogens is 1120 g/mol. The number of benzene rings is 6. The first-order chi connectivity index (χ1) is 44.3.